The molecule has 0 radical (unpaired) electrons. The van der Waals surface area contributed by atoms with Crippen molar-refractivity contribution in [3.05, 3.63) is 23.4 Å². The van der Waals surface area contributed by atoms with E-state index in [1.165, 1.54) is 0 Å². The molecular formula is C7H9ClN2S. The third-order valence-corrected chi connectivity index (χ3v) is 1.76. The first-order valence-electron chi connectivity index (χ1n) is 3.09. The summed E-state index contributed by atoms with van der Waals surface area (Å²) in [5.41, 5.74) is 0. The largest absolute Gasteiger partial charge is 0.235 e. The zero-order chi connectivity index (χ0) is 8.27. The Kier molecular flexibility index (Phi) is 3.02. The van der Waals surface area contributed by atoms with Gasteiger partial charge < -0.3 is 0 Å². The maximum absolute atomic E-state index is 5.65. The Bertz CT molecular complexity index is 264. The summed E-state index contributed by atoms with van der Waals surface area (Å²) < 4.78 is 4.26. The van der Waals surface area contributed by atoms with E-state index in [2.05, 4.69) is 9.35 Å². The third kappa shape index (κ3) is 2.99. The van der Waals surface area contributed by atoms with Gasteiger partial charge >= 0.3 is 0 Å². The Balaban J connectivity index is 2.91. The molecule has 0 N–H and O–H groups in total. The van der Waals surface area contributed by atoms with Crippen LogP contribution in [-0.2, 0) is 10.7 Å². The zero-order valence-corrected chi connectivity index (χ0v) is 7.99. The fourth-order valence-electron chi connectivity index (χ4n) is 0.609. The van der Waals surface area contributed by atoms with Gasteiger partial charge in [-0.2, -0.15) is 0 Å². The molecule has 0 fully saturated rings. The maximum Gasteiger partial charge on any atom is 0.158 e. The molecule has 0 amide bonds. The Morgan fingerprint density at radius 3 is 2.64 bits per heavy atom. The minimum atomic E-state index is 0.0463. The first-order valence-corrected chi connectivity index (χ1v) is 5.47. The first kappa shape index (κ1) is 8.68. The van der Waals surface area contributed by atoms with Crippen LogP contribution in [0, 0.1) is 0 Å². The second-order valence-electron chi connectivity index (χ2n) is 2.20. The van der Waals surface area contributed by atoms with Crippen LogP contribution in [0.2, 0.25) is 5.02 Å². The van der Waals surface area contributed by atoms with Crippen LogP contribution in [0.3, 0.4) is 0 Å². The molecule has 0 spiro atoms. The Hall–Kier alpha value is -0.410. The predicted octanol–water partition coefficient (Wildman–Crippen LogP) is 2.43. The normalized spacial score (nSPS) is 10.2. The third-order valence-electron chi connectivity index (χ3n) is 0.988. The topological polar surface area (TPSA) is 25.2 Å². The summed E-state index contributed by atoms with van der Waals surface area (Å²) in [6, 6.07) is 3.61. The van der Waals surface area contributed by atoms with Crippen LogP contribution in [0.25, 0.3) is 0 Å². The number of halogens is 1. The van der Waals surface area contributed by atoms with Crippen molar-refractivity contribution in [2.75, 3.05) is 12.5 Å². The molecule has 11 heavy (non-hydrogen) atoms. The summed E-state index contributed by atoms with van der Waals surface area (Å²) >= 11 is 5.65. The highest BCUT2D eigenvalue weighted by molar-refractivity contribution is 7.85. The molecule has 0 unspecified atom stereocenters. The van der Waals surface area contributed by atoms with E-state index in [1.54, 1.807) is 12.3 Å². The standard InChI is InChI=1S/C7H9ClN2S/c1-11(2)10-7-4-3-6(8)5-9-7/h3-5H,1-2H3. The van der Waals surface area contributed by atoms with E-state index in [4.69, 9.17) is 11.6 Å². The van der Waals surface area contributed by atoms with Gasteiger partial charge in [-0.3, -0.25) is 0 Å². The highest BCUT2D eigenvalue weighted by Gasteiger charge is 1.89. The van der Waals surface area contributed by atoms with E-state index in [-0.39, 0.29) is 10.7 Å². The van der Waals surface area contributed by atoms with Gasteiger partial charge in [0.05, 0.1) is 5.02 Å². The lowest BCUT2D eigenvalue weighted by Gasteiger charge is -1.93. The number of rotatable bonds is 1. The molecule has 0 aromatic carbocycles. The van der Waals surface area contributed by atoms with Crippen molar-refractivity contribution >= 4 is 28.1 Å². The van der Waals surface area contributed by atoms with Crippen molar-refractivity contribution < 1.29 is 0 Å². The van der Waals surface area contributed by atoms with Gasteiger partial charge in [-0.25, -0.2) is 9.35 Å². The van der Waals surface area contributed by atoms with Gasteiger partial charge in [0.15, 0.2) is 5.82 Å². The summed E-state index contributed by atoms with van der Waals surface area (Å²) in [7, 11) is 0.0463. The highest BCUT2D eigenvalue weighted by atomic mass is 35.5. The summed E-state index contributed by atoms with van der Waals surface area (Å²) in [4.78, 5) is 4.03. The summed E-state index contributed by atoms with van der Waals surface area (Å²) in [5, 5.41) is 0.649. The van der Waals surface area contributed by atoms with Gasteiger partial charge in [0.1, 0.15) is 0 Å². The van der Waals surface area contributed by atoms with E-state index >= 15 is 0 Å². The second kappa shape index (κ2) is 3.83. The lowest BCUT2D eigenvalue weighted by molar-refractivity contribution is 1.29. The number of hydrogen-bond acceptors (Lipinski definition) is 2. The van der Waals surface area contributed by atoms with E-state index in [1.807, 2.05) is 18.6 Å². The van der Waals surface area contributed by atoms with Crippen LogP contribution in [0.15, 0.2) is 22.7 Å². The molecule has 1 aromatic heterocycles. The number of pyridine rings is 1. The fourth-order valence-corrected chi connectivity index (χ4v) is 1.20. The smallest absolute Gasteiger partial charge is 0.158 e. The molecule has 0 saturated heterocycles. The van der Waals surface area contributed by atoms with Gasteiger partial charge in [0.25, 0.3) is 0 Å². The fraction of sp³-hybridized carbons (Fsp3) is 0.286. The molecule has 0 aliphatic carbocycles. The van der Waals surface area contributed by atoms with E-state index in [9.17, 15) is 0 Å². The van der Waals surface area contributed by atoms with E-state index in [0.717, 1.165) is 5.82 Å². The van der Waals surface area contributed by atoms with E-state index < -0.39 is 0 Å². The van der Waals surface area contributed by atoms with Gasteiger partial charge in [-0.1, -0.05) is 22.3 Å². The molecule has 0 atom stereocenters. The van der Waals surface area contributed by atoms with Crippen molar-refractivity contribution in [2.45, 2.75) is 0 Å². The maximum atomic E-state index is 5.65. The molecule has 4 heteroatoms. The van der Waals surface area contributed by atoms with Crippen molar-refractivity contribution in [3.63, 3.8) is 0 Å². The molecule has 60 valence electrons. The van der Waals surface area contributed by atoms with Crippen molar-refractivity contribution in [1.82, 2.24) is 4.98 Å². The molecule has 1 aromatic rings. The van der Waals surface area contributed by atoms with Crippen LogP contribution in [0.5, 0.6) is 0 Å². The Morgan fingerprint density at radius 1 is 1.45 bits per heavy atom. The Morgan fingerprint density at radius 2 is 2.18 bits per heavy atom. The molecule has 0 saturated carbocycles. The monoisotopic (exact) mass is 188 g/mol. The van der Waals surface area contributed by atoms with Crippen molar-refractivity contribution in [3.8, 4) is 0 Å². The van der Waals surface area contributed by atoms with Gasteiger partial charge in [-0.05, 0) is 24.6 Å². The van der Waals surface area contributed by atoms with Crippen molar-refractivity contribution in [1.29, 1.82) is 0 Å². The minimum Gasteiger partial charge on any atom is -0.235 e. The van der Waals surface area contributed by atoms with Crippen LogP contribution in [0.1, 0.15) is 0 Å². The number of hydrogen-bond donors (Lipinski definition) is 0. The molecular weight excluding hydrogens is 180 g/mol. The lowest BCUT2D eigenvalue weighted by Crippen LogP contribution is -1.78. The lowest BCUT2D eigenvalue weighted by atomic mass is 10.5. The second-order valence-corrected chi connectivity index (χ2v) is 4.37. The van der Waals surface area contributed by atoms with Crippen LogP contribution in [0.4, 0.5) is 5.82 Å². The zero-order valence-electron chi connectivity index (χ0n) is 6.41. The molecule has 1 rings (SSSR count). The number of aromatic nitrogens is 1. The van der Waals surface area contributed by atoms with Crippen LogP contribution < -0.4 is 0 Å². The average Bonchev–Trinajstić information content (AvgIpc) is 1.93. The molecule has 1 heterocycles. The quantitative estimate of drug-likeness (QED) is 0.665. The molecule has 2 nitrogen and oxygen atoms in total. The van der Waals surface area contributed by atoms with Crippen LogP contribution >= 0.6 is 11.6 Å². The molecule has 0 bridgehead atoms. The SMILES string of the molecule is CS(C)=Nc1ccc(Cl)cn1. The predicted molar refractivity (Wildman–Crippen MR) is 50.5 cm³/mol. The van der Waals surface area contributed by atoms with Crippen molar-refractivity contribution in [2.24, 2.45) is 4.36 Å². The Labute approximate surface area is 73.7 Å². The summed E-state index contributed by atoms with van der Waals surface area (Å²) in [5.74, 6) is 0.753. The number of nitrogens with zero attached hydrogens (tertiary/aromatic N) is 2. The highest BCUT2D eigenvalue weighted by Crippen LogP contribution is 2.12. The summed E-state index contributed by atoms with van der Waals surface area (Å²) in [6.07, 6.45) is 5.68. The molecule has 0 aliphatic rings. The molecule has 0 aliphatic heterocycles. The minimum absolute atomic E-state index is 0.0463. The summed E-state index contributed by atoms with van der Waals surface area (Å²) in [6.45, 7) is 0. The van der Waals surface area contributed by atoms with Gasteiger partial charge in [0.2, 0.25) is 0 Å². The first-order chi connectivity index (χ1) is 5.18. The van der Waals surface area contributed by atoms with Gasteiger partial charge in [0, 0.05) is 6.20 Å². The van der Waals surface area contributed by atoms with Crippen LogP contribution in [-0.4, -0.2) is 17.5 Å². The van der Waals surface area contributed by atoms with Gasteiger partial charge in [-0.15, -0.1) is 0 Å². The average molecular weight is 189 g/mol. The van der Waals surface area contributed by atoms with E-state index in [0.29, 0.717) is 5.02 Å².